The van der Waals surface area contributed by atoms with Crippen LogP contribution in [0.25, 0.3) is 0 Å². The van der Waals surface area contributed by atoms with Gasteiger partial charge in [-0.05, 0) is 77.0 Å². The number of allylic oxidation sites excluding steroid dienone is 8. The maximum Gasteiger partial charge on any atom is 0.306 e. The Morgan fingerprint density at radius 3 is 1.40 bits per heavy atom. The standard InChI is InChI=1S/C54H98O9/c1-3-5-7-9-11-13-15-17-19-21-22-23-24-25-26-27-28-30-32-34-36-38-40-42-44-60-46-48(47-61-54-53(59)52(58)51(57)49(45-55)63-54)62-50(56)43-41-39-37-35-33-31-29-20-18-16-14-12-10-8-6-4-2/h15,17,20-22,24-25,29,48-49,51-55,57-59H,3-14,16,18-19,23,26-28,30-47H2,1-2H3/b17-15-,22-21-,25-24-,29-20-. The van der Waals surface area contributed by atoms with E-state index in [0.29, 0.717) is 13.0 Å². The van der Waals surface area contributed by atoms with Gasteiger partial charge in [-0.1, -0.05) is 191 Å². The van der Waals surface area contributed by atoms with Crippen LogP contribution in [0.15, 0.2) is 48.6 Å². The summed E-state index contributed by atoms with van der Waals surface area (Å²) in [4.78, 5) is 12.8. The molecule has 0 saturated carbocycles. The molecule has 63 heavy (non-hydrogen) atoms. The fourth-order valence-electron chi connectivity index (χ4n) is 7.85. The summed E-state index contributed by atoms with van der Waals surface area (Å²) in [6.45, 7) is 4.54. The maximum absolute atomic E-state index is 12.8. The minimum absolute atomic E-state index is 0.119. The summed E-state index contributed by atoms with van der Waals surface area (Å²) >= 11 is 0. The highest BCUT2D eigenvalue weighted by atomic mass is 16.7. The lowest BCUT2D eigenvalue weighted by molar-refractivity contribution is -0.305. The Labute approximate surface area is 386 Å². The van der Waals surface area contributed by atoms with Crippen LogP contribution in [0.2, 0.25) is 0 Å². The van der Waals surface area contributed by atoms with E-state index < -0.39 is 43.4 Å². The summed E-state index contributed by atoms with van der Waals surface area (Å²) in [5, 5.41) is 40.2. The predicted molar refractivity (Wildman–Crippen MR) is 261 cm³/mol. The molecule has 0 bridgehead atoms. The zero-order valence-electron chi connectivity index (χ0n) is 40.6. The molecule has 0 radical (unpaired) electrons. The molecule has 0 spiro atoms. The molecule has 6 unspecified atom stereocenters. The third-order valence-electron chi connectivity index (χ3n) is 12.0. The molecule has 1 aliphatic rings. The second-order valence-electron chi connectivity index (χ2n) is 18.0. The van der Waals surface area contributed by atoms with E-state index in [-0.39, 0.29) is 19.2 Å². The summed E-state index contributed by atoms with van der Waals surface area (Å²) in [5.74, 6) is -0.323. The number of ether oxygens (including phenoxy) is 4. The van der Waals surface area contributed by atoms with Crippen LogP contribution in [0.5, 0.6) is 0 Å². The zero-order chi connectivity index (χ0) is 45.7. The topological polar surface area (TPSA) is 135 Å². The number of rotatable bonds is 45. The molecule has 6 atom stereocenters. The average Bonchev–Trinajstić information content (AvgIpc) is 3.28. The Kier molecular flexibility index (Phi) is 42.6. The first-order valence-electron chi connectivity index (χ1n) is 26.2. The summed E-state index contributed by atoms with van der Waals surface area (Å²) in [5.41, 5.74) is 0. The van der Waals surface area contributed by atoms with E-state index in [2.05, 4.69) is 62.5 Å². The first kappa shape index (κ1) is 59.2. The largest absolute Gasteiger partial charge is 0.457 e. The van der Waals surface area contributed by atoms with Gasteiger partial charge in [0.15, 0.2) is 6.29 Å². The van der Waals surface area contributed by atoms with Gasteiger partial charge in [0, 0.05) is 13.0 Å². The molecule has 0 amide bonds. The molecule has 9 heteroatoms. The Hall–Kier alpha value is -1.85. The number of hydrogen-bond donors (Lipinski definition) is 4. The van der Waals surface area contributed by atoms with Crippen molar-refractivity contribution in [1.82, 2.24) is 0 Å². The van der Waals surface area contributed by atoms with Crippen molar-refractivity contribution < 1.29 is 44.2 Å². The lowest BCUT2D eigenvalue weighted by atomic mass is 9.99. The average molecular weight is 891 g/mol. The van der Waals surface area contributed by atoms with Crippen LogP contribution in [0.3, 0.4) is 0 Å². The van der Waals surface area contributed by atoms with E-state index in [4.69, 9.17) is 18.9 Å². The van der Waals surface area contributed by atoms with E-state index in [1.165, 1.54) is 148 Å². The summed E-state index contributed by atoms with van der Waals surface area (Å²) < 4.78 is 22.9. The van der Waals surface area contributed by atoms with Crippen LogP contribution in [0.1, 0.15) is 226 Å². The molecule has 0 aromatic rings. The quantitative estimate of drug-likeness (QED) is 0.0268. The third kappa shape index (κ3) is 36.0. The van der Waals surface area contributed by atoms with Crippen molar-refractivity contribution in [2.45, 2.75) is 263 Å². The van der Waals surface area contributed by atoms with E-state index in [0.717, 1.165) is 57.8 Å². The molecule has 1 saturated heterocycles. The molecule has 0 aliphatic carbocycles. The molecule has 368 valence electrons. The van der Waals surface area contributed by atoms with Crippen molar-refractivity contribution in [1.29, 1.82) is 0 Å². The van der Waals surface area contributed by atoms with E-state index in [1.807, 2.05) is 0 Å². The second kappa shape index (κ2) is 45.3. The van der Waals surface area contributed by atoms with Crippen molar-refractivity contribution in [3.8, 4) is 0 Å². The lowest BCUT2D eigenvalue weighted by Crippen LogP contribution is -2.59. The Balaban J connectivity index is 2.20. The van der Waals surface area contributed by atoms with Crippen molar-refractivity contribution in [2.75, 3.05) is 26.4 Å². The lowest BCUT2D eigenvalue weighted by Gasteiger charge is -2.39. The van der Waals surface area contributed by atoms with Crippen LogP contribution in [-0.4, -0.2) is 89.6 Å². The van der Waals surface area contributed by atoms with Crippen molar-refractivity contribution in [2.24, 2.45) is 0 Å². The molecule has 4 N–H and O–H groups in total. The summed E-state index contributed by atoms with van der Waals surface area (Å²) in [6.07, 6.45) is 50.0. The first-order chi connectivity index (χ1) is 30.9. The van der Waals surface area contributed by atoms with Crippen LogP contribution in [-0.2, 0) is 23.7 Å². The number of hydrogen-bond acceptors (Lipinski definition) is 9. The summed E-state index contributed by atoms with van der Waals surface area (Å²) in [6, 6.07) is 0. The van der Waals surface area contributed by atoms with Crippen LogP contribution >= 0.6 is 0 Å². The van der Waals surface area contributed by atoms with Gasteiger partial charge in [0.2, 0.25) is 0 Å². The normalized spacial score (nSPS) is 20.0. The van der Waals surface area contributed by atoms with E-state index >= 15 is 0 Å². The molecule has 1 fully saturated rings. The van der Waals surface area contributed by atoms with E-state index in [1.54, 1.807) is 0 Å². The number of esters is 1. The fraction of sp³-hybridized carbons (Fsp3) is 0.833. The first-order valence-corrected chi connectivity index (χ1v) is 26.2. The number of unbranched alkanes of at least 4 members (excludes halogenated alkanes) is 26. The molecule has 1 aliphatic heterocycles. The minimum Gasteiger partial charge on any atom is -0.457 e. The molecular weight excluding hydrogens is 793 g/mol. The third-order valence-corrected chi connectivity index (χ3v) is 12.0. The number of aliphatic hydroxyl groups excluding tert-OH is 4. The monoisotopic (exact) mass is 891 g/mol. The number of carbonyl (C=O) groups is 1. The van der Waals surface area contributed by atoms with Gasteiger partial charge in [-0.25, -0.2) is 0 Å². The highest BCUT2D eigenvalue weighted by Crippen LogP contribution is 2.23. The van der Waals surface area contributed by atoms with E-state index in [9.17, 15) is 25.2 Å². The van der Waals surface area contributed by atoms with Crippen LogP contribution < -0.4 is 0 Å². The predicted octanol–water partition coefficient (Wildman–Crippen LogP) is 12.9. The van der Waals surface area contributed by atoms with Crippen LogP contribution in [0.4, 0.5) is 0 Å². The number of carbonyl (C=O) groups excluding carboxylic acids is 1. The van der Waals surface area contributed by atoms with Gasteiger partial charge in [0.1, 0.15) is 30.5 Å². The van der Waals surface area contributed by atoms with Gasteiger partial charge in [0.25, 0.3) is 0 Å². The fourth-order valence-corrected chi connectivity index (χ4v) is 7.85. The molecular formula is C54H98O9. The van der Waals surface area contributed by atoms with Crippen molar-refractivity contribution >= 4 is 5.97 Å². The molecule has 1 rings (SSSR count). The second-order valence-corrected chi connectivity index (χ2v) is 18.0. The highest BCUT2D eigenvalue weighted by molar-refractivity contribution is 5.69. The van der Waals surface area contributed by atoms with Gasteiger partial charge >= 0.3 is 5.97 Å². The van der Waals surface area contributed by atoms with Gasteiger partial charge in [-0.3, -0.25) is 4.79 Å². The smallest absolute Gasteiger partial charge is 0.306 e. The Bertz CT molecular complexity index is 1100. The van der Waals surface area contributed by atoms with Gasteiger partial charge in [-0.15, -0.1) is 0 Å². The molecule has 1 heterocycles. The zero-order valence-corrected chi connectivity index (χ0v) is 40.6. The van der Waals surface area contributed by atoms with Gasteiger partial charge in [0.05, 0.1) is 19.8 Å². The Morgan fingerprint density at radius 1 is 0.508 bits per heavy atom. The number of aliphatic hydroxyl groups is 4. The van der Waals surface area contributed by atoms with Crippen molar-refractivity contribution in [3.63, 3.8) is 0 Å². The highest BCUT2D eigenvalue weighted by Gasteiger charge is 2.44. The van der Waals surface area contributed by atoms with Gasteiger partial charge < -0.3 is 39.4 Å². The molecule has 0 aromatic carbocycles. The molecule has 9 nitrogen and oxygen atoms in total. The summed E-state index contributed by atoms with van der Waals surface area (Å²) in [7, 11) is 0. The SMILES string of the molecule is CCCCCCC/C=C\C/C=C\C/C=C\CCCCCCCCCCCOCC(COC1OC(CO)C(O)C(O)C1O)OC(=O)CCCCCCC/C=C\CCCCCCCCC. The molecule has 0 aromatic heterocycles. The van der Waals surface area contributed by atoms with Crippen molar-refractivity contribution in [3.05, 3.63) is 48.6 Å². The van der Waals surface area contributed by atoms with Crippen LogP contribution in [0, 0.1) is 0 Å². The van der Waals surface area contributed by atoms with Gasteiger partial charge in [-0.2, -0.15) is 0 Å². The minimum atomic E-state index is -1.54. The maximum atomic E-state index is 12.8. The Morgan fingerprint density at radius 2 is 0.921 bits per heavy atom.